The van der Waals surface area contributed by atoms with Crippen molar-refractivity contribution in [3.8, 4) is 33.4 Å². The number of hydrogen-bond donors (Lipinski definition) is 0. The first-order valence-electron chi connectivity index (χ1n) is 15.3. The average Bonchev–Trinajstić information content (AvgIpc) is 3.13. The topological polar surface area (TPSA) is 0 Å². The molecule has 236 valence electrons. The first kappa shape index (κ1) is 33.1. The zero-order valence-corrected chi connectivity index (χ0v) is 31.6. The Bertz CT molecular complexity index is 2150. The maximum absolute atomic E-state index is 16.9. The summed E-state index contributed by atoms with van der Waals surface area (Å²) < 4.78 is 34.5. The second kappa shape index (κ2) is 14.2. The SMILES string of the molecule is Fc1c(Br)c(C2C=C(c3ccccc3)C(c3ccccc3)=CC2Br)c(F)c(Br)c1-c1cc(-c2ccccc2)c(-c2ccccc2)cc1Br. The lowest BCUT2D eigenvalue weighted by atomic mass is 9.80. The average molecular weight is 888 g/mol. The van der Waals surface area contributed by atoms with Gasteiger partial charge in [0.15, 0.2) is 0 Å². The molecule has 0 aromatic heterocycles. The van der Waals surface area contributed by atoms with E-state index in [2.05, 4.69) is 81.9 Å². The van der Waals surface area contributed by atoms with E-state index < -0.39 is 17.6 Å². The van der Waals surface area contributed by atoms with Gasteiger partial charge in [0.1, 0.15) is 11.6 Å². The van der Waals surface area contributed by atoms with Gasteiger partial charge in [-0.05, 0) is 88.5 Å². The number of benzene rings is 6. The molecule has 6 aromatic carbocycles. The van der Waals surface area contributed by atoms with Crippen LogP contribution in [0.1, 0.15) is 22.6 Å². The van der Waals surface area contributed by atoms with E-state index in [0.717, 1.165) is 44.5 Å². The van der Waals surface area contributed by atoms with Crippen LogP contribution in [0.25, 0.3) is 44.5 Å². The monoisotopic (exact) mass is 884 g/mol. The van der Waals surface area contributed by atoms with Crippen LogP contribution < -0.4 is 0 Å². The van der Waals surface area contributed by atoms with Gasteiger partial charge in [0.25, 0.3) is 0 Å². The Morgan fingerprint density at radius 3 is 1.40 bits per heavy atom. The van der Waals surface area contributed by atoms with Gasteiger partial charge in [-0.15, -0.1) is 0 Å². The van der Waals surface area contributed by atoms with Crippen LogP contribution in [0.4, 0.5) is 8.78 Å². The van der Waals surface area contributed by atoms with Crippen LogP contribution in [0.5, 0.6) is 0 Å². The maximum Gasteiger partial charge on any atom is 0.146 e. The van der Waals surface area contributed by atoms with Gasteiger partial charge in [-0.25, -0.2) is 8.78 Å². The zero-order valence-electron chi connectivity index (χ0n) is 25.3. The predicted octanol–water partition coefficient (Wildman–Crippen LogP) is 14.3. The van der Waals surface area contributed by atoms with Gasteiger partial charge < -0.3 is 0 Å². The van der Waals surface area contributed by atoms with Crippen LogP contribution in [-0.4, -0.2) is 4.83 Å². The Morgan fingerprint density at radius 1 is 0.458 bits per heavy atom. The summed E-state index contributed by atoms with van der Waals surface area (Å²) >= 11 is 14.6. The summed E-state index contributed by atoms with van der Waals surface area (Å²) in [6.45, 7) is 0. The molecule has 0 radical (unpaired) electrons. The van der Waals surface area contributed by atoms with Crippen molar-refractivity contribution in [3.63, 3.8) is 0 Å². The van der Waals surface area contributed by atoms with Crippen LogP contribution in [0.3, 0.4) is 0 Å². The van der Waals surface area contributed by atoms with Crippen LogP contribution in [-0.2, 0) is 0 Å². The Labute approximate surface area is 312 Å². The minimum Gasteiger partial charge on any atom is -0.205 e. The van der Waals surface area contributed by atoms with E-state index >= 15 is 8.78 Å². The summed E-state index contributed by atoms with van der Waals surface area (Å²) in [6.07, 6.45) is 4.14. The predicted molar refractivity (Wildman–Crippen MR) is 210 cm³/mol. The summed E-state index contributed by atoms with van der Waals surface area (Å²) in [6, 6.07) is 44.1. The molecule has 0 nitrogen and oxygen atoms in total. The van der Waals surface area contributed by atoms with Crippen molar-refractivity contribution in [1.29, 1.82) is 0 Å². The summed E-state index contributed by atoms with van der Waals surface area (Å²) in [7, 11) is 0. The second-order valence-corrected chi connectivity index (χ2v) is 15.0. The summed E-state index contributed by atoms with van der Waals surface area (Å²) in [4.78, 5) is -0.301. The Balaban J connectivity index is 1.40. The Kier molecular flexibility index (Phi) is 9.79. The van der Waals surface area contributed by atoms with Crippen LogP contribution >= 0.6 is 63.7 Å². The normalized spacial score (nSPS) is 16.0. The fraction of sp³-hybridized carbons (Fsp3) is 0.0476. The van der Waals surface area contributed by atoms with Gasteiger partial charge in [-0.2, -0.15) is 0 Å². The summed E-state index contributed by atoms with van der Waals surface area (Å²) in [5, 5.41) is 0. The first-order valence-corrected chi connectivity index (χ1v) is 18.6. The van der Waals surface area contributed by atoms with Crippen molar-refractivity contribution in [2.24, 2.45) is 0 Å². The molecule has 0 N–H and O–H groups in total. The molecule has 0 amide bonds. The van der Waals surface area contributed by atoms with Gasteiger partial charge >= 0.3 is 0 Å². The van der Waals surface area contributed by atoms with E-state index in [1.165, 1.54) is 0 Å². The van der Waals surface area contributed by atoms with E-state index in [0.29, 0.717) is 10.0 Å². The fourth-order valence-corrected chi connectivity index (χ4v) is 8.81. The molecule has 2 unspecified atom stereocenters. The highest BCUT2D eigenvalue weighted by atomic mass is 79.9. The number of allylic oxidation sites excluding steroid dienone is 4. The van der Waals surface area contributed by atoms with Crippen LogP contribution in [0.2, 0.25) is 0 Å². The highest BCUT2D eigenvalue weighted by Crippen LogP contribution is 2.50. The van der Waals surface area contributed by atoms with Gasteiger partial charge in [0.2, 0.25) is 0 Å². The van der Waals surface area contributed by atoms with Crippen molar-refractivity contribution in [3.05, 3.63) is 187 Å². The fourth-order valence-electron chi connectivity index (χ4n) is 6.35. The lowest BCUT2D eigenvalue weighted by molar-refractivity contribution is 0.569. The molecule has 0 saturated heterocycles. The number of alkyl halides is 1. The summed E-state index contributed by atoms with van der Waals surface area (Å²) in [5.41, 5.74) is 8.85. The smallest absolute Gasteiger partial charge is 0.146 e. The van der Waals surface area contributed by atoms with Crippen molar-refractivity contribution in [2.45, 2.75) is 10.7 Å². The molecule has 6 heteroatoms. The van der Waals surface area contributed by atoms with Crippen LogP contribution in [0.15, 0.2) is 159 Å². The molecule has 0 bridgehead atoms. The molecule has 0 spiro atoms. The van der Waals surface area contributed by atoms with Crippen molar-refractivity contribution in [1.82, 2.24) is 0 Å². The first-order chi connectivity index (χ1) is 23.3. The molecule has 1 aliphatic rings. The molecular formula is C42H26Br4F2. The lowest BCUT2D eigenvalue weighted by Crippen LogP contribution is -2.17. The molecule has 7 rings (SSSR count). The second-order valence-electron chi connectivity index (χ2n) is 11.5. The minimum absolute atomic E-state index is 0.0672. The van der Waals surface area contributed by atoms with Gasteiger partial charge in [0.05, 0.1) is 8.95 Å². The van der Waals surface area contributed by atoms with Crippen molar-refractivity contribution >= 4 is 74.9 Å². The van der Waals surface area contributed by atoms with Crippen molar-refractivity contribution < 1.29 is 8.78 Å². The third kappa shape index (κ3) is 6.24. The van der Waals surface area contributed by atoms with Crippen LogP contribution in [0, 0.1) is 11.6 Å². The van der Waals surface area contributed by atoms with Gasteiger partial charge in [0, 0.05) is 31.9 Å². The molecular weight excluding hydrogens is 862 g/mol. The molecule has 48 heavy (non-hydrogen) atoms. The van der Waals surface area contributed by atoms with Gasteiger partial charge in [-0.1, -0.05) is 165 Å². The summed E-state index contributed by atoms with van der Waals surface area (Å²) in [5.74, 6) is -1.57. The standard InChI is InChI=1S/C42H26Br4F2/c43-35-23-31(27-17-9-3-10-18-27)29(25-13-5-1-6-14-25)21-33(35)37-39(45)42(48)38(40(46)41(37)47)34-22-30(26-15-7-2-8-16-26)32(24-36(34)44)28-19-11-4-12-20-28/h1-24,33,35H. The number of halogens is 6. The highest BCUT2D eigenvalue weighted by molar-refractivity contribution is 9.11. The molecule has 0 heterocycles. The number of hydrogen-bond acceptors (Lipinski definition) is 0. The maximum atomic E-state index is 16.9. The largest absolute Gasteiger partial charge is 0.205 e. The third-order valence-corrected chi connectivity index (χ3v) is 11.7. The van der Waals surface area contributed by atoms with E-state index in [-0.39, 0.29) is 24.9 Å². The van der Waals surface area contributed by atoms with E-state index in [1.807, 2.05) is 127 Å². The quantitative estimate of drug-likeness (QED) is 0.115. The van der Waals surface area contributed by atoms with E-state index in [1.54, 1.807) is 0 Å². The van der Waals surface area contributed by atoms with E-state index in [9.17, 15) is 0 Å². The molecule has 1 aliphatic carbocycles. The molecule has 2 atom stereocenters. The molecule has 6 aromatic rings. The Hall–Kier alpha value is -3.42. The lowest BCUT2D eigenvalue weighted by Gasteiger charge is -2.29. The van der Waals surface area contributed by atoms with E-state index in [4.69, 9.17) is 0 Å². The Morgan fingerprint density at radius 2 is 0.896 bits per heavy atom. The molecule has 0 saturated carbocycles. The third-order valence-electron chi connectivity index (χ3n) is 8.65. The number of rotatable bonds is 6. The van der Waals surface area contributed by atoms with Gasteiger partial charge in [-0.3, -0.25) is 0 Å². The molecule has 0 fully saturated rings. The molecule has 0 aliphatic heterocycles. The highest BCUT2D eigenvalue weighted by Gasteiger charge is 2.34. The van der Waals surface area contributed by atoms with Crippen molar-refractivity contribution in [2.75, 3.05) is 0 Å². The minimum atomic E-state index is -0.544. The zero-order chi connectivity index (χ0) is 33.4.